The fourth-order valence-electron chi connectivity index (χ4n) is 2.78. The highest BCUT2D eigenvalue weighted by Gasteiger charge is 2.35. The number of halogens is 1. The van der Waals surface area contributed by atoms with Crippen molar-refractivity contribution < 1.29 is 4.79 Å². The van der Waals surface area contributed by atoms with Crippen molar-refractivity contribution in [3.05, 3.63) is 33.5 Å². The number of thiophene rings is 1. The standard InChI is InChI=1S/C16H20BrN3OS/c1-2-9-20(10-13-5-6-14(17)22-13)11-15(21)19-16(12-18)7-3-4-8-16/h2,5-6H,1,3-4,7-11H2,(H,19,21). The summed E-state index contributed by atoms with van der Waals surface area (Å²) in [6, 6.07) is 6.35. The van der Waals surface area contributed by atoms with E-state index in [0.29, 0.717) is 13.1 Å². The van der Waals surface area contributed by atoms with Gasteiger partial charge in [0.05, 0.1) is 16.4 Å². The largest absolute Gasteiger partial charge is 0.337 e. The first kappa shape index (κ1) is 17.2. The molecule has 1 amide bonds. The second-order valence-corrected chi connectivity index (χ2v) is 8.16. The Morgan fingerprint density at radius 1 is 1.55 bits per heavy atom. The number of hydrogen-bond acceptors (Lipinski definition) is 4. The Kier molecular flexibility index (Phi) is 6.18. The molecule has 0 saturated heterocycles. The number of rotatable bonds is 7. The summed E-state index contributed by atoms with van der Waals surface area (Å²) >= 11 is 5.11. The molecule has 1 aliphatic carbocycles. The maximum atomic E-state index is 12.3. The average molecular weight is 382 g/mol. The smallest absolute Gasteiger partial charge is 0.235 e. The molecule has 0 aromatic carbocycles. The van der Waals surface area contributed by atoms with Gasteiger partial charge in [0.2, 0.25) is 5.91 Å². The summed E-state index contributed by atoms with van der Waals surface area (Å²) in [6.07, 6.45) is 5.33. The van der Waals surface area contributed by atoms with Crippen LogP contribution in [-0.4, -0.2) is 29.4 Å². The maximum Gasteiger partial charge on any atom is 0.235 e. The Morgan fingerprint density at radius 3 is 2.82 bits per heavy atom. The molecule has 0 unspecified atom stereocenters. The monoisotopic (exact) mass is 381 g/mol. The van der Waals surface area contributed by atoms with Gasteiger partial charge in [0.1, 0.15) is 5.54 Å². The van der Waals surface area contributed by atoms with E-state index >= 15 is 0 Å². The highest BCUT2D eigenvalue weighted by atomic mass is 79.9. The van der Waals surface area contributed by atoms with E-state index in [-0.39, 0.29) is 12.5 Å². The summed E-state index contributed by atoms with van der Waals surface area (Å²) < 4.78 is 1.08. The summed E-state index contributed by atoms with van der Waals surface area (Å²) in [4.78, 5) is 15.5. The second-order valence-electron chi connectivity index (χ2n) is 5.61. The van der Waals surface area contributed by atoms with Gasteiger partial charge in [0.15, 0.2) is 0 Å². The van der Waals surface area contributed by atoms with Gasteiger partial charge in [-0.3, -0.25) is 9.69 Å². The van der Waals surface area contributed by atoms with Crippen LogP contribution in [0.25, 0.3) is 0 Å². The van der Waals surface area contributed by atoms with Crippen LogP contribution < -0.4 is 5.32 Å². The lowest BCUT2D eigenvalue weighted by molar-refractivity contribution is -0.123. The molecule has 1 saturated carbocycles. The lowest BCUT2D eigenvalue weighted by Crippen LogP contribution is -2.48. The fraction of sp³-hybridized carbons (Fsp3) is 0.500. The van der Waals surface area contributed by atoms with Gasteiger partial charge in [-0.1, -0.05) is 6.08 Å². The molecule has 0 radical (unpaired) electrons. The van der Waals surface area contributed by atoms with Crippen LogP contribution in [0.5, 0.6) is 0 Å². The molecule has 0 atom stereocenters. The zero-order chi connectivity index (χ0) is 16.0. The van der Waals surface area contributed by atoms with E-state index in [1.54, 1.807) is 17.4 Å². The number of nitrogens with zero attached hydrogens (tertiary/aromatic N) is 2. The molecular weight excluding hydrogens is 362 g/mol. The van der Waals surface area contributed by atoms with E-state index in [4.69, 9.17) is 0 Å². The van der Waals surface area contributed by atoms with Crippen LogP contribution in [0.1, 0.15) is 30.6 Å². The molecule has 0 bridgehead atoms. The predicted octanol–water partition coefficient (Wildman–Crippen LogP) is 3.45. The third-order valence-corrected chi connectivity index (χ3v) is 5.42. The quantitative estimate of drug-likeness (QED) is 0.735. The zero-order valence-electron chi connectivity index (χ0n) is 12.5. The Morgan fingerprint density at radius 2 is 2.27 bits per heavy atom. The van der Waals surface area contributed by atoms with Crippen molar-refractivity contribution in [3.8, 4) is 6.07 Å². The topological polar surface area (TPSA) is 56.1 Å². The molecule has 6 heteroatoms. The summed E-state index contributed by atoms with van der Waals surface area (Å²) in [6.45, 7) is 5.38. The average Bonchev–Trinajstić information content (AvgIpc) is 3.09. The lowest BCUT2D eigenvalue weighted by Gasteiger charge is -2.25. The van der Waals surface area contributed by atoms with Crippen LogP contribution in [0.2, 0.25) is 0 Å². The molecule has 22 heavy (non-hydrogen) atoms. The highest BCUT2D eigenvalue weighted by molar-refractivity contribution is 9.11. The molecule has 4 nitrogen and oxygen atoms in total. The van der Waals surface area contributed by atoms with Crippen LogP contribution in [-0.2, 0) is 11.3 Å². The van der Waals surface area contributed by atoms with Crippen molar-refractivity contribution in [2.75, 3.05) is 13.1 Å². The minimum atomic E-state index is -0.650. The molecule has 0 spiro atoms. The van der Waals surface area contributed by atoms with E-state index in [0.717, 1.165) is 29.5 Å². The predicted molar refractivity (Wildman–Crippen MR) is 92.4 cm³/mol. The summed E-state index contributed by atoms with van der Waals surface area (Å²) in [5.74, 6) is -0.0825. The van der Waals surface area contributed by atoms with Crippen molar-refractivity contribution in [2.24, 2.45) is 0 Å². The molecule has 1 N–H and O–H groups in total. The SMILES string of the molecule is C=CCN(CC(=O)NC1(C#N)CCCC1)Cc1ccc(Br)s1. The number of amides is 1. The first-order valence-corrected chi connectivity index (χ1v) is 8.97. The molecule has 1 aliphatic rings. The third-order valence-electron chi connectivity index (χ3n) is 3.81. The van der Waals surface area contributed by atoms with Gasteiger partial charge in [0.25, 0.3) is 0 Å². The second kappa shape index (κ2) is 7.91. The Bertz CT molecular complexity index is 572. The van der Waals surface area contributed by atoms with Crippen molar-refractivity contribution in [2.45, 2.75) is 37.8 Å². The summed E-state index contributed by atoms with van der Waals surface area (Å²) in [5, 5.41) is 12.3. The molecular formula is C16H20BrN3OS. The van der Waals surface area contributed by atoms with Gasteiger partial charge < -0.3 is 5.32 Å². The van der Waals surface area contributed by atoms with Gasteiger partial charge >= 0.3 is 0 Å². The molecule has 118 valence electrons. The third kappa shape index (κ3) is 4.67. The Balaban J connectivity index is 1.93. The van der Waals surface area contributed by atoms with E-state index in [1.165, 1.54) is 4.88 Å². The molecule has 2 rings (SSSR count). The van der Waals surface area contributed by atoms with Crippen LogP contribution in [0.3, 0.4) is 0 Å². The van der Waals surface area contributed by atoms with E-state index < -0.39 is 5.54 Å². The maximum absolute atomic E-state index is 12.3. The number of nitriles is 1. The zero-order valence-corrected chi connectivity index (χ0v) is 14.9. The van der Waals surface area contributed by atoms with Crippen molar-refractivity contribution in [1.29, 1.82) is 5.26 Å². The molecule has 1 heterocycles. The normalized spacial score (nSPS) is 16.4. The van der Waals surface area contributed by atoms with E-state index in [2.05, 4.69) is 40.0 Å². The number of nitrogens with one attached hydrogen (secondary N) is 1. The number of carbonyl (C=O) groups excluding carboxylic acids is 1. The van der Waals surface area contributed by atoms with Crippen molar-refractivity contribution in [1.82, 2.24) is 10.2 Å². The van der Waals surface area contributed by atoms with Gasteiger partial charge in [-0.2, -0.15) is 5.26 Å². The van der Waals surface area contributed by atoms with Gasteiger partial charge in [0, 0.05) is 18.0 Å². The molecule has 1 fully saturated rings. The van der Waals surface area contributed by atoms with Crippen LogP contribution in [0.4, 0.5) is 0 Å². The van der Waals surface area contributed by atoms with Gasteiger partial charge in [-0.25, -0.2) is 0 Å². The molecule has 1 aromatic heterocycles. The highest BCUT2D eigenvalue weighted by Crippen LogP contribution is 2.29. The van der Waals surface area contributed by atoms with Gasteiger partial charge in [-0.15, -0.1) is 17.9 Å². The van der Waals surface area contributed by atoms with Crippen molar-refractivity contribution >= 4 is 33.2 Å². The molecule has 0 aliphatic heterocycles. The summed E-state index contributed by atoms with van der Waals surface area (Å²) in [7, 11) is 0. The van der Waals surface area contributed by atoms with Crippen molar-refractivity contribution in [3.63, 3.8) is 0 Å². The summed E-state index contributed by atoms with van der Waals surface area (Å²) in [5.41, 5.74) is -0.650. The first-order valence-electron chi connectivity index (χ1n) is 7.37. The minimum Gasteiger partial charge on any atom is -0.337 e. The lowest BCUT2D eigenvalue weighted by atomic mass is 10.00. The Labute approximate surface area is 143 Å². The number of hydrogen-bond donors (Lipinski definition) is 1. The van der Waals surface area contributed by atoms with E-state index in [9.17, 15) is 10.1 Å². The van der Waals surface area contributed by atoms with Crippen LogP contribution >= 0.6 is 27.3 Å². The fourth-order valence-corrected chi connectivity index (χ4v) is 4.30. The van der Waals surface area contributed by atoms with Gasteiger partial charge in [-0.05, 0) is 53.7 Å². The number of carbonyl (C=O) groups is 1. The molecule has 1 aromatic rings. The van der Waals surface area contributed by atoms with Crippen LogP contribution in [0.15, 0.2) is 28.6 Å². The Hall–Kier alpha value is -1.16. The minimum absolute atomic E-state index is 0.0825. The first-order chi connectivity index (χ1) is 10.6. The van der Waals surface area contributed by atoms with E-state index in [1.807, 2.05) is 11.0 Å². The van der Waals surface area contributed by atoms with Crippen LogP contribution in [0, 0.1) is 11.3 Å².